The highest BCUT2D eigenvalue weighted by Gasteiger charge is 2.38. The van der Waals surface area contributed by atoms with Gasteiger partial charge < -0.3 is 5.11 Å². The first-order chi connectivity index (χ1) is 8.24. The fourth-order valence-electron chi connectivity index (χ4n) is 2.47. The van der Waals surface area contributed by atoms with Crippen molar-refractivity contribution in [2.45, 2.75) is 51.0 Å². The van der Waals surface area contributed by atoms with Crippen LogP contribution in [0, 0.1) is 0 Å². The highest BCUT2D eigenvalue weighted by Crippen LogP contribution is 2.42. The lowest BCUT2D eigenvalue weighted by atomic mass is 9.71. The van der Waals surface area contributed by atoms with Crippen molar-refractivity contribution >= 4 is 6.08 Å². The summed E-state index contributed by atoms with van der Waals surface area (Å²) in [4.78, 5) is 0. The molecule has 92 valence electrons. The van der Waals surface area contributed by atoms with Gasteiger partial charge in [-0.3, -0.25) is 0 Å². The first-order valence-electron chi connectivity index (χ1n) is 6.73. The van der Waals surface area contributed by atoms with Crippen LogP contribution in [-0.4, -0.2) is 10.7 Å². The van der Waals surface area contributed by atoms with Crippen molar-refractivity contribution in [3.05, 3.63) is 41.5 Å². The number of hydrogen-bond acceptors (Lipinski definition) is 1. The van der Waals surface area contributed by atoms with Crippen LogP contribution in [0.2, 0.25) is 0 Å². The molecule has 1 saturated carbocycles. The second-order valence-electron chi connectivity index (χ2n) is 5.07. The normalized spacial score (nSPS) is 25.9. The van der Waals surface area contributed by atoms with Crippen molar-refractivity contribution in [3.8, 4) is 0 Å². The van der Waals surface area contributed by atoms with Crippen LogP contribution in [0.25, 0.3) is 6.08 Å². The number of unbranched alkanes of at least 4 members (excludes halogenated alkanes) is 2. The average Bonchev–Trinajstić information content (AvgIpc) is 2.36. The maximum absolute atomic E-state index is 10.5. The van der Waals surface area contributed by atoms with Crippen LogP contribution < -0.4 is 0 Å². The van der Waals surface area contributed by atoms with Gasteiger partial charge in [0.15, 0.2) is 0 Å². The Balaban J connectivity index is 2.00. The summed E-state index contributed by atoms with van der Waals surface area (Å²) in [5.41, 5.74) is 1.93. The largest absolute Gasteiger partial charge is 0.385 e. The summed E-state index contributed by atoms with van der Waals surface area (Å²) in [7, 11) is 0. The topological polar surface area (TPSA) is 20.2 Å². The van der Waals surface area contributed by atoms with E-state index in [2.05, 4.69) is 25.1 Å². The summed E-state index contributed by atoms with van der Waals surface area (Å²) in [6.45, 7) is 2.20. The Morgan fingerprint density at radius 2 is 2.00 bits per heavy atom. The molecule has 1 N–H and O–H groups in total. The Bertz CT molecular complexity index is 380. The molecule has 0 aliphatic heterocycles. The monoisotopic (exact) mass is 230 g/mol. The van der Waals surface area contributed by atoms with Crippen LogP contribution in [0.4, 0.5) is 0 Å². The van der Waals surface area contributed by atoms with Gasteiger partial charge in [0.25, 0.3) is 0 Å². The van der Waals surface area contributed by atoms with E-state index in [1.807, 2.05) is 18.2 Å². The summed E-state index contributed by atoms with van der Waals surface area (Å²) in [6, 6.07) is 10.3. The van der Waals surface area contributed by atoms with E-state index < -0.39 is 5.60 Å². The summed E-state index contributed by atoms with van der Waals surface area (Å²) in [5.74, 6) is 0. The van der Waals surface area contributed by atoms with E-state index in [1.165, 1.54) is 24.0 Å². The molecule has 0 amide bonds. The number of aliphatic hydroxyl groups is 1. The van der Waals surface area contributed by atoms with Crippen LogP contribution in [0.3, 0.4) is 0 Å². The molecule has 1 aromatic rings. The lowest BCUT2D eigenvalue weighted by Gasteiger charge is -2.40. The van der Waals surface area contributed by atoms with Crippen LogP contribution in [-0.2, 0) is 0 Å². The van der Waals surface area contributed by atoms with Crippen molar-refractivity contribution < 1.29 is 5.11 Å². The highest BCUT2D eigenvalue weighted by atomic mass is 16.3. The standard InChI is InChI=1S/C16H22O/c1-2-3-7-11-16(17)12-10-15(16)13-14-8-5-4-6-9-14/h4-6,8-9,13,17H,2-3,7,10-12H2,1H3/b15-13+. The quantitative estimate of drug-likeness (QED) is 0.752. The zero-order chi connectivity index (χ0) is 12.1. The van der Waals surface area contributed by atoms with Crippen LogP contribution in [0.5, 0.6) is 0 Å². The van der Waals surface area contributed by atoms with Crippen molar-refractivity contribution in [1.29, 1.82) is 0 Å². The zero-order valence-electron chi connectivity index (χ0n) is 10.7. The molecule has 0 spiro atoms. The minimum atomic E-state index is -0.495. The van der Waals surface area contributed by atoms with Gasteiger partial charge >= 0.3 is 0 Å². The third-order valence-electron chi connectivity index (χ3n) is 3.74. The van der Waals surface area contributed by atoms with E-state index in [1.54, 1.807) is 0 Å². The summed E-state index contributed by atoms with van der Waals surface area (Å²) < 4.78 is 0. The van der Waals surface area contributed by atoms with Gasteiger partial charge in [-0.2, -0.15) is 0 Å². The second kappa shape index (κ2) is 5.50. The number of benzene rings is 1. The maximum atomic E-state index is 10.5. The van der Waals surface area contributed by atoms with E-state index in [4.69, 9.17) is 0 Å². The third-order valence-corrected chi connectivity index (χ3v) is 3.74. The zero-order valence-corrected chi connectivity index (χ0v) is 10.7. The van der Waals surface area contributed by atoms with E-state index in [9.17, 15) is 5.11 Å². The molecule has 0 saturated heterocycles. The molecule has 1 aliphatic carbocycles. The van der Waals surface area contributed by atoms with E-state index >= 15 is 0 Å². The van der Waals surface area contributed by atoms with Gasteiger partial charge in [0.05, 0.1) is 5.60 Å². The fraction of sp³-hybridized carbons (Fsp3) is 0.500. The number of rotatable bonds is 5. The number of hydrogen-bond donors (Lipinski definition) is 1. The van der Waals surface area contributed by atoms with Gasteiger partial charge in [-0.05, 0) is 30.4 Å². The van der Waals surface area contributed by atoms with Crippen molar-refractivity contribution in [2.24, 2.45) is 0 Å². The lowest BCUT2D eigenvalue weighted by Crippen LogP contribution is -2.39. The molecule has 1 heteroatoms. The van der Waals surface area contributed by atoms with Gasteiger partial charge in [0, 0.05) is 0 Å². The first kappa shape index (κ1) is 12.4. The van der Waals surface area contributed by atoms with Gasteiger partial charge in [0.1, 0.15) is 0 Å². The Morgan fingerprint density at radius 1 is 1.24 bits per heavy atom. The average molecular weight is 230 g/mol. The maximum Gasteiger partial charge on any atom is 0.0863 e. The summed E-state index contributed by atoms with van der Waals surface area (Å²) >= 11 is 0. The van der Waals surface area contributed by atoms with Gasteiger partial charge in [-0.25, -0.2) is 0 Å². The van der Waals surface area contributed by atoms with Gasteiger partial charge in [0.2, 0.25) is 0 Å². The first-order valence-corrected chi connectivity index (χ1v) is 6.73. The molecule has 0 radical (unpaired) electrons. The van der Waals surface area contributed by atoms with Crippen LogP contribution in [0.15, 0.2) is 35.9 Å². The van der Waals surface area contributed by atoms with Crippen LogP contribution >= 0.6 is 0 Å². The fourth-order valence-corrected chi connectivity index (χ4v) is 2.47. The molecule has 1 aliphatic rings. The molecule has 1 aromatic carbocycles. The highest BCUT2D eigenvalue weighted by molar-refractivity contribution is 5.57. The molecular weight excluding hydrogens is 208 g/mol. The molecule has 1 nitrogen and oxygen atoms in total. The SMILES string of the molecule is CCCCCC1(O)CC/C1=C\c1ccccc1. The molecule has 1 unspecified atom stereocenters. The van der Waals surface area contributed by atoms with Crippen molar-refractivity contribution in [1.82, 2.24) is 0 Å². The van der Waals surface area contributed by atoms with Crippen molar-refractivity contribution in [3.63, 3.8) is 0 Å². The molecular formula is C16H22O. The summed E-state index contributed by atoms with van der Waals surface area (Å²) in [6.07, 6.45) is 8.66. The predicted octanol–water partition coefficient (Wildman–Crippen LogP) is 4.18. The minimum absolute atomic E-state index is 0.495. The predicted molar refractivity (Wildman–Crippen MR) is 72.7 cm³/mol. The molecule has 1 atom stereocenters. The molecule has 0 heterocycles. The Kier molecular flexibility index (Phi) is 4.01. The van der Waals surface area contributed by atoms with E-state index in [0.29, 0.717) is 0 Å². The van der Waals surface area contributed by atoms with E-state index in [-0.39, 0.29) is 0 Å². The minimum Gasteiger partial charge on any atom is -0.385 e. The third kappa shape index (κ3) is 2.98. The Morgan fingerprint density at radius 3 is 2.59 bits per heavy atom. The van der Waals surface area contributed by atoms with E-state index in [0.717, 1.165) is 25.7 Å². The second-order valence-corrected chi connectivity index (χ2v) is 5.07. The van der Waals surface area contributed by atoms with Gasteiger partial charge in [-0.15, -0.1) is 0 Å². The van der Waals surface area contributed by atoms with Crippen molar-refractivity contribution in [2.75, 3.05) is 0 Å². The van der Waals surface area contributed by atoms with Gasteiger partial charge in [-0.1, -0.05) is 62.6 Å². The molecule has 2 rings (SSSR count). The smallest absolute Gasteiger partial charge is 0.0863 e. The Hall–Kier alpha value is -1.08. The molecule has 0 aromatic heterocycles. The lowest BCUT2D eigenvalue weighted by molar-refractivity contribution is 0.0176. The molecule has 17 heavy (non-hydrogen) atoms. The van der Waals surface area contributed by atoms with Crippen LogP contribution in [0.1, 0.15) is 51.0 Å². The Labute approximate surface area is 104 Å². The summed E-state index contributed by atoms with van der Waals surface area (Å²) in [5, 5.41) is 10.5. The molecule has 0 bridgehead atoms. The molecule has 1 fully saturated rings.